The van der Waals surface area contributed by atoms with Gasteiger partial charge in [0, 0.05) is 21.1 Å². The largest absolute Gasteiger partial charge is 0.369 e. The van der Waals surface area contributed by atoms with Gasteiger partial charge in [0.25, 0.3) is 11.5 Å². The Morgan fingerprint density at radius 3 is 2.75 bits per heavy atom. The van der Waals surface area contributed by atoms with E-state index in [1.807, 2.05) is 0 Å². The average Bonchev–Trinajstić information content (AvgIpc) is 2.52. The standard InChI is InChI=1S/C8H13N5O2S/c1-12(2)4-9-6-5(7(14)11-16)10-13(3)8(6)15/h4,10,16H,1-3H3,(H,11,14). The molecule has 1 heterocycles. The summed E-state index contributed by atoms with van der Waals surface area (Å²) < 4.78 is 3.32. The van der Waals surface area contributed by atoms with E-state index in [1.54, 1.807) is 19.0 Å². The zero-order chi connectivity index (χ0) is 12.3. The fraction of sp³-hybridized carbons (Fsp3) is 0.375. The lowest BCUT2D eigenvalue weighted by atomic mass is 10.3. The number of amides is 1. The number of rotatable bonds is 3. The predicted octanol–water partition coefficient (Wildman–Crippen LogP) is -0.491. The molecule has 0 radical (unpaired) electrons. The molecule has 0 atom stereocenters. The van der Waals surface area contributed by atoms with E-state index in [4.69, 9.17) is 0 Å². The Morgan fingerprint density at radius 2 is 2.25 bits per heavy atom. The zero-order valence-electron chi connectivity index (χ0n) is 9.18. The Kier molecular flexibility index (Phi) is 3.78. The first kappa shape index (κ1) is 12.4. The fourth-order valence-electron chi connectivity index (χ4n) is 1.04. The Labute approximate surface area is 97.7 Å². The number of nitrogens with one attached hydrogen (secondary N) is 2. The molecule has 0 aliphatic carbocycles. The summed E-state index contributed by atoms with van der Waals surface area (Å²) in [7, 11) is 5.03. The van der Waals surface area contributed by atoms with Crippen LogP contribution in [0.2, 0.25) is 0 Å². The molecule has 0 aliphatic rings. The molecule has 7 nitrogen and oxygen atoms in total. The molecule has 0 fully saturated rings. The van der Waals surface area contributed by atoms with Crippen LogP contribution in [0.15, 0.2) is 9.79 Å². The first-order chi connectivity index (χ1) is 7.47. The molecule has 0 saturated heterocycles. The van der Waals surface area contributed by atoms with Crippen LogP contribution in [-0.2, 0) is 7.05 Å². The minimum atomic E-state index is -0.507. The van der Waals surface area contributed by atoms with Gasteiger partial charge in [-0.2, -0.15) is 0 Å². The highest BCUT2D eigenvalue weighted by molar-refractivity contribution is 7.78. The van der Waals surface area contributed by atoms with Crippen molar-refractivity contribution in [1.82, 2.24) is 19.4 Å². The molecule has 88 valence electrons. The Bertz CT molecular complexity index is 473. The third kappa shape index (κ3) is 2.45. The Morgan fingerprint density at radius 1 is 1.62 bits per heavy atom. The van der Waals surface area contributed by atoms with Gasteiger partial charge in [-0.15, -0.1) is 0 Å². The summed E-state index contributed by atoms with van der Waals surface area (Å²) in [4.78, 5) is 28.6. The molecule has 0 aliphatic heterocycles. The lowest BCUT2D eigenvalue weighted by Crippen LogP contribution is -2.14. The van der Waals surface area contributed by atoms with Gasteiger partial charge in [-0.25, -0.2) is 4.99 Å². The number of nitrogens with zero attached hydrogens (tertiary/aromatic N) is 3. The molecule has 1 rings (SSSR count). The summed E-state index contributed by atoms with van der Waals surface area (Å²) in [6, 6.07) is 0. The van der Waals surface area contributed by atoms with Crippen molar-refractivity contribution in [2.24, 2.45) is 12.0 Å². The van der Waals surface area contributed by atoms with Gasteiger partial charge >= 0.3 is 0 Å². The van der Waals surface area contributed by atoms with Gasteiger partial charge in [0.1, 0.15) is 0 Å². The smallest absolute Gasteiger partial charge is 0.293 e. The maximum atomic E-state index is 11.6. The van der Waals surface area contributed by atoms with Crippen molar-refractivity contribution in [3.63, 3.8) is 0 Å². The van der Waals surface area contributed by atoms with E-state index < -0.39 is 5.91 Å². The first-order valence-corrected chi connectivity index (χ1v) is 4.86. The second-order valence-corrected chi connectivity index (χ2v) is 3.57. The summed E-state index contributed by atoms with van der Waals surface area (Å²) in [6.45, 7) is 0. The molecule has 0 saturated carbocycles. The van der Waals surface area contributed by atoms with Gasteiger partial charge in [0.15, 0.2) is 11.4 Å². The monoisotopic (exact) mass is 243 g/mol. The van der Waals surface area contributed by atoms with Gasteiger partial charge in [0.2, 0.25) is 0 Å². The molecular weight excluding hydrogens is 230 g/mol. The van der Waals surface area contributed by atoms with Crippen molar-refractivity contribution < 1.29 is 4.79 Å². The number of carbonyl (C=O) groups excluding carboxylic acids is 1. The van der Waals surface area contributed by atoms with Crippen LogP contribution >= 0.6 is 12.8 Å². The van der Waals surface area contributed by atoms with Crippen molar-refractivity contribution in [1.29, 1.82) is 0 Å². The SMILES string of the molecule is CN(C)C=Nc1c(C(=O)NS)[nH]n(C)c1=O. The zero-order valence-corrected chi connectivity index (χ0v) is 10.1. The lowest BCUT2D eigenvalue weighted by Gasteiger charge is -2.01. The molecule has 0 aromatic carbocycles. The highest BCUT2D eigenvalue weighted by atomic mass is 32.1. The maximum Gasteiger partial charge on any atom is 0.293 e. The van der Waals surface area contributed by atoms with Crippen molar-refractivity contribution >= 4 is 30.7 Å². The van der Waals surface area contributed by atoms with E-state index >= 15 is 0 Å². The van der Waals surface area contributed by atoms with Crippen LogP contribution in [0.3, 0.4) is 0 Å². The fourth-order valence-corrected chi connectivity index (χ4v) is 1.16. The summed E-state index contributed by atoms with van der Waals surface area (Å²) in [6.07, 6.45) is 1.44. The van der Waals surface area contributed by atoms with E-state index in [1.165, 1.54) is 18.1 Å². The number of aryl methyl sites for hydroxylation is 1. The number of carbonyl (C=O) groups is 1. The number of aliphatic imine (C=N–C) groups is 1. The Balaban J connectivity index is 3.25. The van der Waals surface area contributed by atoms with Gasteiger partial charge in [-0.05, 0) is 0 Å². The van der Waals surface area contributed by atoms with Crippen LogP contribution in [0, 0.1) is 0 Å². The number of hydrogen-bond donors (Lipinski definition) is 3. The molecular formula is C8H13N5O2S. The topological polar surface area (TPSA) is 82.5 Å². The number of aromatic amines is 1. The van der Waals surface area contributed by atoms with Crippen molar-refractivity contribution in [3.05, 3.63) is 16.0 Å². The van der Waals surface area contributed by atoms with E-state index in [0.717, 1.165) is 0 Å². The molecule has 1 aromatic rings. The minimum Gasteiger partial charge on any atom is -0.369 e. The molecule has 0 spiro atoms. The minimum absolute atomic E-state index is 0.0581. The molecule has 2 N–H and O–H groups in total. The molecule has 16 heavy (non-hydrogen) atoms. The summed E-state index contributed by atoms with van der Waals surface area (Å²) in [5, 5.41) is 2.60. The van der Waals surface area contributed by atoms with Gasteiger partial charge < -0.3 is 4.90 Å². The first-order valence-electron chi connectivity index (χ1n) is 4.41. The number of H-pyrrole nitrogens is 1. The quantitative estimate of drug-likeness (QED) is 0.380. The van der Waals surface area contributed by atoms with Crippen LogP contribution < -0.4 is 10.3 Å². The third-order valence-corrected chi connectivity index (χ3v) is 1.97. The number of thiol groups is 1. The summed E-state index contributed by atoms with van der Waals surface area (Å²) in [5.41, 5.74) is -0.228. The van der Waals surface area contributed by atoms with Gasteiger partial charge in [-0.1, -0.05) is 12.8 Å². The van der Waals surface area contributed by atoms with Gasteiger partial charge in [-0.3, -0.25) is 24.1 Å². The van der Waals surface area contributed by atoms with Crippen LogP contribution in [0.5, 0.6) is 0 Å². The maximum absolute atomic E-state index is 11.6. The van der Waals surface area contributed by atoms with E-state index in [9.17, 15) is 9.59 Å². The lowest BCUT2D eigenvalue weighted by molar-refractivity contribution is 0.0980. The highest BCUT2D eigenvalue weighted by Gasteiger charge is 2.17. The van der Waals surface area contributed by atoms with Crippen molar-refractivity contribution in [2.45, 2.75) is 0 Å². The summed E-state index contributed by atoms with van der Waals surface area (Å²) in [5.74, 6) is -0.507. The van der Waals surface area contributed by atoms with E-state index in [-0.39, 0.29) is 16.9 Å². The van der Waals surface area contributed by atoms with Crippen LogP contribution in [0.4, 0.5) is 5.69 Å². The molecule has 8 heteroatoms. The highest BCUT2D eigenvalue weighted by Crippen LogP contribution is 2.10. The normalized spacial score (nSPS) is 10.8. The summed E-state index contributed by atoms with van der Waals surface area (Å²) >= 11 is 3.63. The second-order valence-electron chi connectivity index (χ2n) is 3.35. The Hall–Kier alpha value is -1.70. The third-order valence-electron chi connectivity index (χ3n) is 1.77. The molecule has 1 aromatic heterocycles. The van der Waals surface area contributed by atoms with Crippen LogP contribution in [-0.4, -0.2) is 41.0 Å². The van der Waals surface area contributed by atoms with E-state index in [2.05, 4.69) is 27.6 Å². The van der Waals surface area contributed by atoms with Crippen LogP contribution in [0.1, 0.15) is 10.5 Å². The predicted molar refractivity (Wildman–Crippen MR) is 64.3 cm³/mol. The molecule has 1 amide bonds. The van der Waals surface area contributed by atoms with E-state index in [0.29, 0.717) is 0 Å². The van der Waals surface area contributed by atoms with Crippen molar-refractivity contribution in [3.8, 4) is 0 Å². The average molecular weight is 243 g/mol. The molecule has 0 unspecified atom stereocenters. The van der Waals surface area contributed by atoms with Gasteiger partial charge in [0.05, 0.1) is 6.34 Å². The van der Waals surface area contributed by atoms with Crippen molar-refractivity contribution in [2.75, 3.05) is 14.1 Å². The number of aromatic nitrogens is 2. The van der Waals surface area contributed by atoms with Crippen LogP contribution in [0.25, 0.3) is 0 Å². The molecule has 0 bridgehead atoms. The number of hydrogen-bond acceptors (Lipinski definition) is 4. The second kappa shape index (κ2) is 4.88.